The molecule has 0 N–H and O–H groups in total. The molecule has 94 heavy (non-hydrogen) atoms. The third-order valence-corrected chi connectivity index (χ3v) is 20.4. The van der Waals surface area contributed by atoms with Gasteiger partial charge in [0.15, 0.2) is 11.6 Å². The summed E-state index contributed by atoms with van der Waals surface area (Å²) in [6.45, 7) is 0. The fraction of sp³-hybridized carbons (Fsp3) is 0.0227. The number of hydrogen-bond acceptors (Lipinski definition) is 6. The maximum Gasteiger partial charge on any atom is 0.160 e. The Balaban J connectivity index is 0.681. The predicted molar refractivity (Wildman–Crippen MR) is 379 cm³/mol. The van der Waals surface area contributed by atoms with E-state index in [9.17, 15) is 0 Å². The van der Waals surface area contributed by atoms with Crippen molar-refractivity contribution in [3.63, 3.8) is 0 Å². The topological polar surface area (TPSA) is 77.3 Å². The number of rotatable bonds is 7. The quantitative estimate of drug-likeness (QED) is 0.158. The summed E-state index contributed by atoms with van der Waals surface area (Å²) in [5, 5.41) is 2.11. The van der Waals surface area contributed by atoms with Gasteiger partial charge in [-0.25, -0.2) is 19.9 Å². The van der Waals surface area contributed by atoms with Gasteiger partial charge in [0.25, 0.3) is 0 Å². The van der Waals surface area contributed by atoms with Crippen LogP contribution in [0.3, 0.4) is 0 Å². The summed E-state index contributed by atoms with van der Waals surface area (Å²) in [5.41, 5.74) is 32.3. The Morgan fingerprint density at radius 1 is 0.191 bits per heavy atom. The summed E-state index contributed by atoms with van der Waals surface area (Å²) in [6, 6.07) is 110. The first kappa shape index (κ1) is 52.4. The second-order valence-electron chi connectivity index (χ2n) is 25.2. The van der Waals surface area contributed by atoms with Crippen molar-refractivity contribution in [3.05, 3.63) is 360 Å². The zero-order valence-corrected chi connectivity index (χ0v) is 50.7. The van der Waals surface area contributed by atoms with Gasteiger partial charge < -0.3 is 0 Å². The van der Waals surface area contributed by atoms with Gasteiger partial charge in [-0.2, -0.15) is 0 Å². The highest BCUT2D eigenvalue weighted by molar-refractivity contribution is 5.98. The number of hydrogen-bond donors (Lipinski definition) is 0. The first-order valence-corrected chi connectivity index (χ1v) is 32.1. The van der Waals surface area contributed by atoms with Gasteiger partial charge in [0, 0.05) is 56.5 Å². The SMILES string of the molecule is c1ccc2c(c1)-c1ccccc1C21c2ccccc2-c2ccc(-c3nc(-c4ccc(-c5ccc(-c6cc(-c7cnc8ccccc8c7)nc(-c7ccc8c(c7)C7(c9ccccc9-c9ccccc97)c7ccccc7-8)n6)cc5)cc4)cc(-c4cnc5ccccc5c4)n3)cc21. The van der Waals surface area contributed by atoms with Gasteiger partial charge in [-0.3, -0.25) is 9.97 Å². The van der Waals surface area contributed by atoms with E-state index < -0.39 is 10.8 Å². The smallest absolute Gasteiger partial charge is 0.160 e. The molecule has 0 amide bonds. The molecule has 4 heterocycles. The van der Waals surface area contributed by atoms with Gasteiger partial charge >= 0.3 is 0 Å². The van der Waals surface area contributed by atoms with Crippen molar-refractivity contribution in [1.29, 1.82) is 0 Å². The minimum absolute atomic E-state index is 0.500. The third-order valence-electron chi connectivity index (χ3n) is 20.4. The standard InChI is InChI=1S/C88H52N6/c1-15-31-79-57(17-1)45-61(51-89-79)83-49-81(91-85(93-83)59-41-43-69-67-23-7-13-29-75(67)87(77(69)47-59)71-25-9-3-19-63(71)64-20-4-10-26-72(64)87)55-37-33-53(34-38-55)54-35-39-56(40-36-54)82-50-84(62-46-58-18-2-16-32-80(58)90-52-62)94-86(92-82)60-42-44-70-68-24-8-14-30-76(68)88(78(70)48-60)73-27-11-5-21-65(73)66-22-6-12-28-74(66)88/h1-52H. The number of nitrogens with zero attached hydrogens (tertiary/aromatic N) is 6. The number of aromatic nitrogens is 6. The molecule has 0 aliphatic heterocycles. The lowest BCUT2D eigenvalue weighted by Gasteiger charge is -2.30. The molecule has 16 aromatic rings. The van der Waals surface area contributed by atoms with Crippen molar-refractivity contribution in [3.8, 4) is 123 Å². The molecule has 0 saturated carbocycles. The summed E-state index contributed by atoms with van der Waals surface area (Å²) in [6.07, 6.45) is 3.87. The fourth-order valence-corrected chi connectivity index (χ4v) is 16.3. The normalized spacial score (nSPS) is 13.5. The van der Waals surface area contributed by atoms with Crippen LogP contribution in [0.1, 0.15) is 44.5 Å². The van der Waals surface area contributed by atoms with Crippen molar-refractivity contribution < 1.29 is 0 Å². The summed E-state index contributed by atoms with van der Waals surface area (Å²) in [7, 11) is 0. The van der Waals surface area contributed by atoms with Crippen molar-refractivity contribution in [1.82, 2.24) is 29.9 Å². The van der Waals surface area contributed by atoms with Crippen molar-refractivity contribution in [2.24, 2.45) is 0 Å². The molecular weight excluding hydrogens is 1140 g/mol. The number of pyridine rings is 2. The van der Waals surface area contributed by atoms with E-state index >= 15 is 0 Å². The van der Waals surface area contributed by atoms with Crippen LogP contribution < -0.4 is 0 Å². The number of fused-ring (bicyclic) bond motifs is 22. The number of benzene rings is 12. The average molecular weight is 1190 g/mol. The maximum atomic E-state index is 5.48. The van der Waals surface area contributed by atoms with E-state index in [0.717, 1.165) is 89.1 Å². The van der Waals surface area contributed by atoms with Crippen molar-refractivity contribution in [2.75, 3.05) is 0 Å². The molecule has 0 saturated heterocycles. The Labute approximate surface area is 543 Å². The minimum Gasteiger partial charge on any atom is -0.256 e. The lowest BCUT2D eigenvalue weighted by Crippen LogP contribution is -2.25. The summed E-state index contributed by atoms with van der Waals surface area (Å²) >= 11 is 0. The highest BCUT2D eigenvalue weighted by Gasteiger charge is 2.53. The van der Waals surface area contributed by atoms with Crippen LogP contribution in [0, 0.1) is 0 Å². The van der Waals surface area contributed by atoms with Crippen LogP contribution in [-0.4, -0.2) is 29.9 Å². The van der Waals surface area contributed by atoms with Gasteiger partial charge in [0.05, 0.1) is 44.6 Å². The van der Waals surface area contributed by atoms with Crippen LogP contribution in [0.25, 0.3) is 145 Å². The van der Waals surface area contributed by atoms with Crippen LogP contribution in [0.5, 0.6) is 0 Å². The van der Waals surface area contributed by atoms with E-state index in [2.05, 4.69) is 279 Å². The number of para-hydroxylation sites is 2. The predicted octanol–water partition coefficient (Wildman–Crippen LogP) is 20.7. The lowest BCUT2D eigenvalue weighted by molar-refractivity contribution is 0.794. The van der Waals surface area contributed by atoms with Crippen molar-refractivity contribution in [2.45, 2.75) is 10.8 Å². The Morgan fingerprint density at radius 2 is 0.457 bits per heavy atom. The second-order valence-corrected chi connectivity index (χ2v) is 25.2. The van der Waals surface area contributed by atoms with E-state index in [4.69, 9.17) is 29.9 Å². The molecule has 20 rings (SSSR count). The van der Waals surface area contributed by atoms with Crippen LogP contribution in [0.15, 0.2) is 316 Å². The van der Waals surface area contributed by atoms with Crippen LogP contribution >= 0.6 is 0 Å². The van der Waals surface area contributed by atoms with E-state index in [1.54, 1.807) is 0 Å². The summed E-state index contributed by atoms with van der Waals surface area (Å²) in [4.78, 5) is 31.6. The first-order chi connectivity index (χ1) is 46.5. The Hall–Kier alpha value is -12.4. The first-order valence-electron chi connectivity index (χ1n) is 32.1. The van der Waals surface area contributed by atoms with Gasteiger partial charge in [-0.05, 0) is 149 Å². The molecule has 0 bridgehead atoms. The molecule has 6 nitrogen and oxygen atoms in total. The molecule has 0 fully saturated rings. The van der Waals surface area contributed by atoms with Crippen LogP contribution in [0.4, 0.5) is 0 Å². The maximum absolute atomic E-state index is 5.48. The zero-order chi connectivity index (χ0) is 61.6. The largest absolute Gasteiger partial charge is 0.256 e. The van der Waals surface area contributed by atoms with E-state index in [1.807, 2.05) is 36.7 Å². The van der Waals surface area contributed by atoms with E-state index in [1.165, 1.54) is 89.0 Å². The Morgan fingerprint density at radius 3 is 0.798 bits per heavy atom. The lowest BCUT2D eigenvalue weighted by atomic mass is 9.70. The Bertz CT molecular complexity index is 5400. The molecule has 4 aliphatic rings. The van der Waals surface area contributed by atoms with Crippen molar-refractivity contribution >= 4 is 21.8 Å². The second kappa shape index (κ2) is 20.1. The van der Waals surface area contributed by atoms with E-state index in [0.29, 0.717) is 11.6 Å². The van der Waals surface area contributed by atoms with E-state index in [-0.39, 0.29) is 0 Å². The molecule has 0 radical (unpaired) electrons. The molecule has 434 valence electrons. The van der Waals surface area contributed by atoms with Gasteiger partial charge in [0.1, 0.15) is 0 Å². The van der Waals surface area contributed by atoms with Gasteiger partial charge in [-0.1, -0.05) is 255 Å². The molecule has 6 heteroatoms. The fourth-order valence-electron chi connectivity index (χ4n) is 16.3. The molecule has 0 atom stereocenters. The van der Waals surface area contributed by atoms with Crippen LogP contribution in [0.2, 0.25) is 0 Å². The van der Waals surface area contributed by atoms with Gasteiger partial charge in [-0.15, -0.1) is 0 Å². The molecule has 0 unspecified atom stereocenters. The summed E-state index contributed by atoms with van der Waals surface area (Å²) < 4.78 is 0. The highest BCUT2D eigenvalue weighted by atomic mass is 14.9. The summed E-state index contributed by atoms with van der Waals surface area (Å²) in [5.74, 6) is 1.30. The molecule has 12 aromatic carbocycles. The highest BCUT2D eigenvalue weighted by Crippen LogP contribution is 2.65. The molecule has 4 aliphatic carbocycles. The van der Waals surface area contributed by atoms with Crippen LogP contribution in [-0.2, 0) is 10.8 Å². The molecular formula is C88H52N6. The monoisotopic (exact) mass is 1190 g/mol. The zero-order valence-electron chi connectivity index (χ0n) is 50.7. The third kappa shape index (κ3) is 7.53. The minimum atomic E-state index is -0.500. The molecule has 4 aromatic heterocycles. The average Bonchev–Trinajstić information content (AvgIpc) is 1.52. The van der Waals surface area contributed by atoms with Gasteiger partial charge in [0.2, 0.25) is 0 Å². The Kier molecular flexibility index (Phi) is 11.2. The molecule has 2 spiro atoms.